The predicted octanol–water partition coefficient (Wildman–Crippen LogP) is 9.07. The summed E-state index contributed by atoms with van der Waals surface area (Å²) in [4.78, 5) is 56.8. The van der Waals surface area contributed by atoms with Crippen molar-refractivity contribution in [2.24, 2.45) is 17.8 Å². The minimum atomic E-state index is -2.48. The zero-order valence-corrected chi connectivity index (χ0v) is 39.3. The molecular weight excluding hydrogens is 785 g/mol. The zero-order valence-electron chi connectivity index (χ0n) is 38.3. The van der Waals surface area contributed by atoms with E-state index in [1.165, 1.54) is 0 Å². The van der Waals surface area contributed by atoms with Gasteiger partial charge in [-0.15, -0.1) is 0 Å². The Morgan fingerprint density at radius 3 is 1.77 bits per heavy atom. The fraction of sp³-hybridized carbons (Fsp3) is 0.551. The lowest BCUT2D eigenvalue weighted by Gasteiger charge is -2.42. The molecule has 0 radical (unpaired) electrons. The number of benzene rings is 3. The first kappa shape index (κ1) is 49.0. The van der Waals surface area contributed by atoms with E-state index in [1.54, 1.807) is 0 Å². The molecule has 4 rings (SSSR count). The summed E-state index contributed by atoms with van der Waals surface area (Å²) < 4.78 is 18.4. The number of carbonyl (C=O) groups is 4. The second-order valence-corrected chi connectivity index (χ2v) is 24.2. The van der Waals surface area contributed by atoms with Crippen LogP contribution in [0.1, 0.15) is 91.3 Å². The van der Waals surface area contributed by atoms with E-state index in [2.05, 4.69) is 49.8 Å². The average Bonchev–Trinajstić information content (AvgIpc) is 3.20. The maximum Gasteiger partial charge on any atom is 0.407 e. The van der Waals surface area contributed by atoms with E-state index in [0.717, 1.165) is 29.5 Å². The molecule has 61 heavy (non-hydrogen) atoms. The summed E-state index contributed by atoms with van der Waals surface area (Å²) in [5, 5.41) is 9.11. The molecule has 0 aliphatic carbocycles. The van der Waals surface area contributed by atoms with Crippen molar-refractivity contribution >= 4 is 32.3 Å². The van der Waals surface area contributed by atoms with Crippen molar-refractivity contribution in [1.82, 2.24) is 20.9 Å². The van der Waals surface area contributed by atoms with Gasteiger partial charge in [0.05, 0.1) is 12.1 Å². The lowest BCUT2D eigenvalue weighted by Crippen LogP contribution is -2.56. The Morgan fingerprint density at radius 2 is 1.26 bits per heavy atom. The molecule has 1 aliphatic rings. The number of alkyl carbamates (subject to hydrolysis) is 2. The molecule has 12 heteroatoms. The number of hydrogen-bond acceptors (Lipinski definition) is 7. The number of nitrogens with zero attached hydrogens (tertiary/aromatic N) is 1. The van der Waals surface area contributed by atoms with Crippen LogP contribution in [0.25, 0.3) is 0 Å². The number of ether oxygens (including phenoxy) is 2. The highest BCUT2D eigenvalue weighted by Crippen LogP contribution is 2.39. The highest BCUT2D eigenvalue weighted by molar-refractivity contribution is 6.74. The number of rotatable bonds is 18. The van der Waals surface area contributed by atoms with Crippen LogP contribution in [-0.2, 0) is 42.9 Å². The van der Waals surface area contributed by atoms with Gasteiger partial charge in [-0.1, -0.05) is 126 Å². The van der Waals surface area contributed by atoms with Crippen molar-refractivity contribution in [2.45, 2.75) is 136 Å². The van der Waals surface area contributed by atoms with Crippen molar-refractivity contribution in [1.29, 1.82) is 0 Å². The molecule has 1 aliphatic heterocycles. The van der Waals surface area contributed by atoms with Crippen LogP contribution in [0.2, 0.25) is 18.1 Å². The van der Waals surface area contributed by atoms with Gasteiger partial charge in [0.1, 0.15) is 18.2 Å². The van der Waals surface area contributed by atoms with Crippen LogP contribution in [0.4, 0.5) is 9.59 Å². The van der Waals surface area contributed by atoms with Crippen LogP contribution < -0.4 is 16.0 Å². The van der Waals surface area contributed by atoms with E-state index in [1.807, 2.05) is 131 Å². The molecule has 3 N–H and O–H groups in total. The number of likely N-dealkylation sites (tertiary alicyclic amines) is 1. The fourth-order valence-corrected chi connectivity index (χ4v) is 8.63. The van der Waals surface area contributed by atoms with E-state index in [0.29, 0.717) is 38.9 Å². The Morgan fingerprint density at radius 1 is 0.738 bits per heavy atom. The van der Waals surface area contributed by atoms with Gasteiger partial charge in [-0.3, -0.25) is 9.59 Å². The van der Waals surface area contributed by atoms with Crippen LogP contribution in [-0.4, -0.2) is 80.6 Å². The molecule has 4 atom stereocenters. The summed E-state index contributed by atoms with van der Waals surface area (Å²) in [6, 6.07) is 28.1. The van der Waals surface area contributed by atoms with Crippen LogP contribution in [0.5, 0.6) is 0 Å². The fourth-order valence-electron chi connectivity index (χ4n) is 7.25. The Labute approximate surface area is 366 Å². The van der Waals surface area contributed by atoms with Gasteiger partial charge < -0.3 is 34.8 Å². The molecule has 4 amide bonds. The van der Waals surface area contributed by atoms with Gasteiger partial charge in [0.2, 0.25) is 11.8 Å². The summed E-state index contributed by atoms with van der Waals surface area (Å²) in [6.07, 6.45) is 1.05. The molecule has 1 heterocycles. The van der Waals surface area contributed by atoms with Crippen molar-refractivity contribution in [3.05, 3.63) is 108 Å². The molecule has 0 unspecified atom stereocenters. The summed E-state index contributed by atoms with van der Waals surface area (Å²) in [7, 11) is -2.48. The Kier molecular flexibility index (Phi) is 18.0. The van der Waals surface area contributed by atoms with E-state index < -0.39 is 50.2 Å². The van der Waals surface area contributed by atoms with Gasteiger partial charge in [0, 0.05) is 25.6 Å². The lowest BCUT2D eigenvalue weighted by atomic mass is 9.88. The summed E-state index contributed by atoms with van der Waals surface area (Å²) >= 11 is 0. The number of hydrogen-bond donors (Lipinski definition) is 3. The molecule has 1 fully saturated rings. The van der Waals surface area contributed by atoms with E-state index in [4.69, 9.17) is 13.9 Å². The lowest BCUT2D eigenvalue weighted by molar-refractivity contribution is -0.140. The topological polar surface area (TPSA) is 135 Å². The van der Waals surface area contributed by atoms with Gasteiger partial charge in [-0.2, -0.15) is 0 Å². The molecule has 0 bridgehead atoms. The molecule has 0 saturated carbocycles. The normalized spacial score (nSPS) is 15.9. The van der Waals surface area contributed by atoms with Crippen molar-refractivity contribution in [3.63, 3.8) is 0 Å². The van der Waals surface area contributed by atoms with Crippen molar-refractivity contribution in [3.8, 4) is 0 Å². The zero-order chi connectivity index (χ0) is 44.8. The summed E-state index contributed by atoms with van der Waals surface area (Å²) in [5.74, 6) is -0.914. The minimum absolute atomic E-state index is 0.113. The minimum Gasteiger partial charge on any atom is -0.445 e. The third kappa shape index (κ3) is 16.3. The second kappa shape index (κ2) is 22.4. The van der Waals surface area contributed by atoms with Gasteiger partial charge in [0.15, 0.2) is 8.32 Å². The number of piperidine rings is 1. The van der Waals surface area contributed by atoms with Gasteiger partial charge in [-0.05, 0) is 99.5 Å². The van der Waals surface area contributed by atoms with Gasteiger partial charge in [-0.25, -0.2) is 9.59 Å². The van der Waals surface area contributed by atoms with Crippen LogP contribution >= 0.6 is 0 Å². The Hall–Kier alpha value is -4.68. The quantitative estimate of drug-likeness (QED) is 0.109. The standard InChI is InChI=1S/C49H72N4O7Si/c1-35(2)43(45(55)53-28-26-38(27-29-53)33-50-46(56)58-34-39-24-18-13-19-25-39)52-44(54)40(30-36-20-14-11-15-21-36)32-42(60-61(9,10)49(6,7)8)41(31-37-22-16-12-17-23-37)51-47(57)59-48(3,4)5/h11-25,35,38,40-43H,26-34H2,1-10H3,(H,50,56)(H,51,57)(H,52,54)/t40-,41-,42+,43-/m0/s1. The highest BCUT2D eigenvalue weighted by atomic mass is 28.4. The largest absolute Gasteiger partial charge is 0.445 e. The molecule has 3 aromatic rings. The van der Waals surface area contributed by atoms with E-state index >= 15 is 0 Å². The van der Waals surface area contributed by atoms with Crippen molar-refractivity contribution in [2.75, 3.05) is 19.6 Å². The number of nitrogens with one attached hydrogen (secondary N) is 3. The smallest absolute Gasteiger partial charge is 0.407 e. The Balaban J connectivity index is 1.54. The third-order valence-corrected chi connectivity index (χ3v) is 16.3. The summed E-state index contributed by atoms with van der Waals surface area (Å²) in [6.45, 7) is 22.0. The SMILES string of the molecule is CC(C)[C@H](NC(=O)[C@@H](Cc1ccccc1)C[C@@H](O[Si](C)(C)C(C)(C)C)[C@H](Cc1ccccc1)NC(=O)OC(C)(C)C)C(=O)N1CCC(CNC(=O)OCc2ccccc2)CC1. The van der Waals surface area contributed by atoms with Gasteiger partial charge >= 0.3 is 12.2 Å². The monoisotopic (exact) mass is 857 g/mol. The maximum absolute atomic E-state index is 14.8. The number of carbonyl (C=O) groups excluding carboxylic acids is 4. The molecule has 11 nitrogen and oxygen atoms in total. The molecule has 0 spiro atoms. The molecular formula is C49H72N4O7Si. The van der Waals surface area contributed by atoms with Crippen LogP contribution in [0, 0.1) is 17.8 Å². The van der Waals surface area contributed by atoms with E-state index in [-0.39, 0.29) is 35.3 Å². The predicted molar refractivity (Wildman–Crippen MR) is 244 cm³/mol. The number of amides is 4. The molecule has 3 aromatic carbocycles. The summed E-state index contributed by atoms with van der Waals surface area (Å²) in [5.41, 5.74) is 2.21. The molecule has 1 saturated heterocycles. The third-order valence-electron chi connectivity index (χ3n) is 11.8. The first-order valence-corrected chi connectivity index (χ1v) is 24.9. The first-order valence-electron chi connectivity index (χ1n) is 22.0. The van der Waals surface area contributed by atoms with Crippen molar-refractivity contribution < 1.29 is 33.1 Å². The maximum atomic E-state index is 14.8. The average molecular weight is 857 g/mol. The molecule has 334 valence electrons. The second-order valence-electron chi connectivity index (χ2n) is 19.4. The van der Waals surface area contributed by atoms with E-state index in [9.17, 15) is 19.2 Å². The molecule has 0 aromatic heterocycles. The Bertz CT molecular complexity index is 1820. The highest BCUT2D eigenvalue weighted by Gasteiger charge is 2.43. The van der Waals surface area contributed by atoms with Gasteiger partial charge in [0.25, 0.3) is 0 Å². The van der Waals surface area contributed by atoms with Crippen LogP contribution in [0.3, 0.4) is 0 Å². The first-order chi connectivity index (χ1) is 28.7. The van der Waals surface area contributed by atoms with Crippen LogP contribution in [0.15, 0.2) is 91.0 Å².